The lowest BCUT2D eigenvalue weighted by Crippen LogP contribution is -2.62. The molecule has 0 radical (unpaired) electrons. The molecule has 2 aliphatic rings. The largest absolute Gasteiger partial charge is 0.417 e. The maximum atomic E-state index is 13.4. The second kappa shape index (κ2) is 8.80. The first-order chi connectivity index (χ1) is 14.2. The molecule has 30 heavy (non-hydrogen) atoms. The summed E-state index contributed by atoms with van der Waals surface area (Å²) in [6.45, 7) is 5.81. The van der Waals surface area contributed by atoms with Crippen molar-refractivity contribution >= 4 is 11.7 Å². The Morgan fingerprint density at radius 3 is 2.33 bits per heavy atom. The highest BCUT2D eigenvalue weighted by atomic mass is 19.4. The fourth-order valence-electron chi connectivity index (χ4n) is 4.25. The van der Waals surface area contributed by atoms with Crippen molar-refractivity contribution in [2.24, 2.45) is 5.92 Å². The zero-order valence-electron chi connectivity index (χ0n) is 17.4. The topological polar surface area (TPSA) is 72.3 Å². The van der Waals surface area contributed by atoms with E-state index in [9.17, 15) is 23.2 Å². The highest BCUT2D eigenvalue weighted by Gasteiger charge is 2.45. The highest BCUT2D eigenvalue weighted by Crippen LogP contribution is 2.33. The van der Waals surface area contributed by atoms with Crippen molar-refractivity contribution in [3.63, 3.8) is 0 Å². The molecule has 0 spiro atoms. The second-order valence-electron chi connectivity index (χ2n) is 8.32. The number of nitriles is 1. The fraction of sp³-hybridized carbons (Fsp3) is 0.667. The molecule has 1 aromatic rings. The number of pyridine rings is 1. The van der Waals surface area contributed by atoms with Crippen molar-refractivity contribution in [1.82, 2.24) is 15.2 Å². The number of aromatic nitrogens is 1. The standard InChI is InChI=1S/C21H28F3N5O/c1-15(13-25)16(2)27-20(7-3-4-8-20)19(30)29-11-9-28(10-12-29)18-6-5-17(14-26-18)21(22,23)24/h5-6,14-16,27H,3-4,7-12H2,1-2H3. The maximum Gasteiger partial charge on any atom is 0.417 e. The van der Waals surface area contributed by atoms with Crippen LogP contribution >= 0.6 is 0 Å². The van der Waals surface area contributed by atoms with Crippen LogP contribution in [-0.4, -0.2) is 53.6 Å². The zero-order chi connectivity index (χ0) is 21.9. The van der Waals surface area contributed by atoms with Gasteiger partial charge in [0.1, 0.15) is 5.82 Å². The number of amides is 1. The molecule has 0 bridgehead atoms. The number of hydrogen-bond acceptors (Lipinski definition) is 5. The number of alkyl halides is 3. The number of halogens is 3. The molecule has 2 atom stereocenters. The summed E-state index contributed by atoms with van der Waals surface area (Å²) in [6.07, 6.45) is -0.0882. The minimum Gasteiger partial charge on any atom is -0.353 e. The first-order valence-corrected chi connectivity index (χ1v) is 10.4. The molecule has 1 aliphatic carbocycles. The van der Waals surface area contributed by atoms with Gasteiger partial charge in [-0.1, -0.05) is 12.8 Å². The fourth-order valence-corrected chi connectivity index (χ4v) is 4.25. The van der Waals surface area contributed by atoms with Crippen LogP contribution in [0.1, 0.15) is 45.1 Å². The zero-order valence-corrected chi connectivity index (χ0v) is 17.4. The van der Waals surface area contributed by atoms with E-state index in [1.807, 2.05) is 23.6 Å². The number of nitrogens with one attached hydrogen (secondary N) is 1. The molecule has 1 saturated carbocycles. The van der Waals surface area contributed by atoms with Crippen LogP contribution in [0.15, 0.2) is 18.3 Å². The number of nitrogens with zero attached hydrogens (tertiary/aromatic N) is 4. The Balaban J connectivity index is 1.63. The first-order valence-electron chi connectivity index (χ1n) is 10.4. The lowest BCUT2D eigenvalue weighted by Gasteiger charge is -2.41. The van der Waals surface area contributed by atoms with Gasteiger partial charge in [0.2, 0.25) is 5.91 Å². The van der Waals surface area contributed by atoms with E-state index in [4.69, 9.17) is 0 Å². The van der Waals surface area contributed by atoms with E-state index in [0.717, 1.165) is 37.9 Å². The quantitative estimate of drug-likeness (QED) is 0.788. The van der Waals surface area contributed by atoms with Crippen LogP contribution in [-0.2, 0) is 11.0 Å². The molecule has 2 unspecified atom stereocenters. The van der Waals surface area contributed by atoms with E-state index in [1.54, 1.807) is 0 Å². The summed E-state index contributed by atoms with van der Waals surface area (Å²) in [4.78, 5) is 21.1. The Labute approximate surface area is 175 Å². The Morgan fingerprint density at radius 1 is 1.20 bits per heavy atom. The van der Waals surface area contributed by atoms with Gasteiger partial charge in [-0.3, -0.25) is 10.1 Å². The van der Waals surface area contributed by atoms with Gasteiger partial charge in [0.15, 0.2) is 0 Å². The molecule has 3 rings (SSSR count). The van der Waals surface area contributed by atoms with Crippen LogP contribution in [0.25, 0.3) is 0 Å². The van der Waals surface area contributed by atoms with Crippen molar-refractivity contribution in [1.29, 1.82) is 5.26 Å². The number of piperazine rings is 1. The van der Waals surface area contributed by atoms with E-state index >= 15 is 0 Å². The summed E-state index contributed by atoms with van der Waals surface area (Å²) < 4.78 is 38.2. The van der Waals surface area contributed by atoms with Gasteiger partial charge in [-0.25, -0.2) is 4.98 Å². The summed E-state index contributed by atoms with van der Waals surface area (Å²) in [7, 11) is 0. The Hall–Kier alpha value is -2.34. The average Bonchev–Trinajstić information content (AvgIpc) is 3.21. The van der Waals surface area contributed by atoms with Crippen LogP contribution in [0.4, 0.5) is 19.0 Å². The molecule has 6 nitrogen and oxygen atoms in total. The van der Waals surface area contributed by atoms with Crippen molar-refractivity contribution < 1.29 is 18.0 Å². The normalized spacial score (nSPS) is 21.2. The van der Waals surface area contributed by atoms with Gasteiger partial charge in [-0.15, -0.1) is 0 Å². The molecule has 164 valence electrons. The van der Waals surface area contributed by atoms with Crippen LogP contribution < -0.4 is 10.2 Å². The monoisotopic (exact) mass is 423 g/mol. The first kappa shape index (κ1) is 22.3. The van der Waals surface area contributed by atoms with Crippen LogP contribution in [0.5, 0.6) is 0 Å². The van der Waals surface area contributed by atoms with Crippen molar-refractivity contribution in [2.45, 2.75) is 57.3 Å². The summed E-state index contributed by atoms with van der Waals surface area (Å²) >= 11 is 0. The third-order valence-corrected chi connectivity index (χ3v) is 6.29. The summed E-state index contributed by atoms with van der Waals surface area (Å²) in [5.41, 5.74) is -1.39. The van der Waals surface area contributed by atoms with Crippen LogP contribution in [0, 0.1) is 17.2 Å². The van der Waals surface area contributed by atoms with Crippen molar-refractivity contribution in [3.05, 3.63) is 23.9 Å². The van der Waals surface area contributed by atoms with E-state index in [0.29, 0.717) is 32.0 Å². The predicted molar refractivity (Wildman–Crippen MR) is 107 cm³/mol. The summed E-state index contributed by atoms with van der Waals surface area (Å²) in [5, 5.41) is 12.6. The van der Waals surface area contributed by atoms with E-state index < -0.39 is 17.3 Å². The van der Waals surface area contributed by atoms with Crippen LogP contribution in [0.3, 0.4) is 0 Å². The third kappa shape index (κ3) is 4.69. The van der Waals surface area contributed by atoms with Gasteiger partial charge in [-0.05, 0) is 38.8 Å². The molecular weight excluding hydrogens is 395 g/mol. The number of carbonyl (C=O) groups excluding carboxylic acids is 1. The summed E-state index contributed by atoms with van der Waals surface area (Å²) in [5.74, 6) is 0.357. The maximum absolute atomic E-state index is 13.4. The lowest BCUT2D eigenvalue weighted by molar-refractivity contribution is -0.139. The van der Waals surface area contributed by atoms with E-state index in [2.05, 4.69) is 16.4 Å². The molecule has 1 saturated heterocycles. The molecule has 2 fully saturated rings. The Kier molecular flexibility index (Phi) is 6.56. The Bertz CT molecular complexity index is 775. The number of rotatable bonds is 5. The molecule has 2 heterocycles. The molecule has 1 aromatic heterocycles. The van der Waals surface area contributed by atoms with E-state index in [-0.39, 0.29) is 17.9 Å². The van der Waals surface area contributed by atoms with Gasteiger partial charge in [-0.2, -0.15) is 18.4 Å². The van der Waals surface area contributed by atoms with E-state index in [1.165, 1.54) is 6.07 Å². The highest BCUT2D eigenvalue weighted by molar-refractivity contribution is 5.87. The lowest BCUT2D eigenvalue weighted by atomic mass is 9.91. The minimum absolute atomic E-state index is 0.0667. The molecular formula is C21H28F3N5O. The minimum atomic E-state index is -4.40. The van der Waals surface area contributed by atoms with Gasteiger partial charge >= 0.3 is 6.18 Å². The van der Waals surface area contributed by atoms with Crippen molar-refractivity contribution in [2.75, 3.05) is 31.1 Å². The van der Waals surface area contributed by atoms with Gasteiger partial charge in [0.25, 0.3) is 0 Å². The SMILES string of the molecule is CC(C#N)C(C)NC1(C(=O)N2CCN(c3ccc(C(F)(F)F)cn3)CC2)CCCC1. The smallest absolute Gasteiger partial charge is 0.353 e. The predicted octanol–water partition coefficient (Wildman–Crippen LogP) is 3.20. The average molecular weight is 423 g/mol. The molecule has 1 N–H and O–H groups in total. The third-order valence-electron chi connectivity index (χ3n) is 6.29. The molecule has 1 aliphatic heterocycles. The Morgan fingerprint density at radius 2 is 1.83 bits per heavy atom. The number of anilines is 1. The van der Waals surface area contributed by atoms with Gasteiger partial charge < -0.3 is 9.80 Å². The van der Waals surface area contributed by atoms with Crippen LogP contribution in [0.2, 0.25) is 0 Å². The second-order valence-corrected chi connectivity index (χ2v) is 8.32. The molecule has 0 aromatic carbocycles. The molecule has 9 heteroatoms. The van der Waals surface area contributed by atoms with Crippen molar-refractivity contribution in [3.8, 4) is 6.07 Å². The molecule has 1 amide bonds. The number of hydrogen-bond donors (Lipinski definition) is 1. The number of carbonyl (C=O) groups is 1. The van der Waals surface area contributed by atoms with Gasteiger partial charge in [0, 0.05) is 38.4 Å². The van der Waals surface area contributed by atoms with Gasteiger partial charge in [0.05, 0.1) is 23.1 Å². The summed E-state index contributed by atoms with van der Waals surface area (Å²) in [6, 6.07) is 4.57.